The van der Waals surface area contributed by atoms with Crippen LogP contribution in [0.2, 0.25) is 5.15 Å². The Hall–Kier alpha value is -0.770. The molecule has 0 amide bonds. The average Bonchev–Trinajstić information content (AvgIpc) is 2.62. The van der Waals surface area contributed by atoms with E-state index in [0.717, 1.165) is 11.1 Å². The number of hydrogen-bond donors (Lipinski definition) is 1. The molecular weight excluding hydrogens is 265 g/mol. The molecule has 0 bridgehead atoms. The Kier molecular flexibility index (Phi) is 3.69. The normalized spacial score (nSPS) is 12.6. The zero-order valence-corrected chi connectivity index (χ0v) is 10.6. The van der Waals surface area contributed by atoms with Gasteiger partial charge >= 0.3 is 0 Å². The lowest BCUT2D eigenvalue weighted by Gasteiger charge is -2.01. The van der Waals surface area contributed by atoms with Crippen LogP contribution in [-0.2, 0) is 16.4 Å². The summed E-state index contributed by atoms with van der Waals surface area (Å²) in [6.45, 7) is 0. The number of hydrogen-bond acceptors (Lipinski definition) is 1. The van der Waals surface area contributed by atoms with Gasteiger partial charge in [0.15, 0.2) is 0 Å². The van der Waals surface area contributed by atoms with E-state index in [1.54, 1.807) is 6.20 Å². The monoisotopic (exact) mass is 273 g/mol. The van der Waals surface area contributed by atoms with E-state index in [0.29, 0.717) is 16.5 Å². The van der Waals surface area contributed by atoms with E-state index >= 15 is 0 Å². The van der Waals surface area contributed by atoms with Gasteiger partial charge in [-0.05, 0) is 16.2 Å². The van der Waals surface area contributed by atoms with Crippen LogP contribution >= 0.6 is 22.3 Å². The molecule has 2 aromatic rings. The fraction of sp³-hybridized carbons (Fsp3) is 0.0909. The van der Waals surface area contributed by atoms with Gasteiger partial charge in [0.05, 0.1) is 4.90 Å². The van der Waals surface area contributed by atoms with Gasteiger partial charge in [-0.3, -0.25) is 0 Å². The highest BCUT2D eigenvalue weighted by Gasteiger charge is 2.14. The summed E-state index contributed by atoms with van der Waals surface area (Å²) >= 11 is 5.99. The van der Waals surface area contributed by atoms with Gasteiger partial charge in [0, 0.05) is 18.2 Å². The maximum atomic E-state index is 11.3. The van der Waals surface area contributed by atoms with Crippen LogP contribution in [0.25, 0.3) is 0 Å². The Morgan fingerprint density at radius 1 is 1.25 bits per heavy atom. The van der Waals surface area contributed by atoms with Gasteiger partial charge in [0.25, 0.3) is 0 Å². The Balaban J connectivity index is 2.34. The third-order valence-corrected chi connectivity index (χ3v) is 3.83. The highest BCUT2D eigenvalue weighted by atomic mass is 35.7. The Labute approximate surface area is 106 Å². The number of aromatic nitrogens is 1. The van der Waals surface area contributed by atoms with Gasteiger partial charge in [-0.15, -0.1) is 0 Å². The third-order valence-electron chi connectivity index (χ3n) is 2.29. The predicted molar refractivity (Wildman–Crippen MR) is 67.3 cm³/mol. The van der Waals surface area contributed by atoms with Crippen LogP contribution in [0, 0.1) is 0 Å². The largest absolute Gasteiger partial charge is 0.351 e. The molecule has 2 rings (SSSR count). The molecule has 1 unspecified atom stereocenters. The molecule has 1 atom stereocenters. The van der Waals surface area contributed by atoms with Crippen molar-refractivity contribution in [2.24, 2.45) is 0 Å². The van der Waals surface area contributed by atoms with E-state index in [1.807, 2.05) is 30.3 Å². The summed E-state index contributed by atoms with van der Waals surface area (Å²) in [5.41, 5.74) is 1.90. The lowest BCUT2D eigenvalue weighted by Crippen LogP contribution is -1.91. The maximum absolute atomic E-state index is 11.3. The molecular formula is C11H9Cl2NOS. The van der Waals surface area contributed by atoms with Crippen LogP contribution in [0.3, 0.4) is 0 Å². The molecule has 0 aliphatic rings. The number of rotatable bonds is 3. The fourth-order valence-electron chi connectivity index (χ4n) is 1.52. The SMILES string of the molecule is O=S(Cl)c1c[nH]c(Cl)c1Cc1ccccc1. The first kappa shape index (κ1) is 11.7. The van der Waals surface area contributed by atoms with E-state index in [9.17, 15) is 4.21 Å². The molecule has 0 spiro atoms. The van der Waals surface area contributed by atoms with Crippen LogP contribution in [0.4, 0.5) is 0 Å². The van der Waals surface area contributed by atoms with Crippen LogP contribution in [0.1, 0.15) is 11.1 Å². The first-order valence-electron chi connectivity index (χ1n) is 4.66. The van der Waals surface area contributed by atoms with Crippen molar-refractivity contribution in [1.82, 2.24) is 4.98 Å². The summed E-state index contributed by atoms with van der Waals surface area (Å²) in [6, 6.07) is 9.83. The molecule has 0 fully saturated rings. The predicted octanol–water partition coefficient (Wildman–Crippen LogP) is 3.52. The van der Waals surface area contributed by atoms with Crippen molar-refractivity contribution in [3.63, 3.8) is 0 Å². The summed E-state index contributed by atoms with van der Waals surface area (Å²) in [5.74, 6) is 0. The molecule has 1 aromatic carbocycles. The number of H-pyrrole nitrogens is 1. The van der Waals surface area contributed by atoms with Crippen LogP contribution < -0.4 is 0 Å². The lowest BCUT2D eigenvalue weighted by atomic mass is 10.1. The van der Waals surface area contributed by atoms with Crippen molar-refractivity contribution in [2.75, 3.05) is 0 Å². The molecule has 0 aliphatic carbocycles. The van der Waals surface area contributed by atoms with Crippen LogP contribution in [0.15, 0.2) is 41.4 Å². The second-order valence-electron chi connectivity index (χ2n) is 3.33. The molecule has 0 saturated carbocycles. The summed E-state index contributed by atoms with van der Waals surface area (Å²) in [7, 11) is 4.04. The Morgan fingerprint density at radius 2 is 1.94 bits per heavy atom. The zero-order chi connectivity index (χ0) is 11.5. The maximum Gasteiger partial charge on any atom is 0.149 e. The lowest BCUT2D eigenvalue weighted by molar-refractivity contribution is 0.690. The van der Waals surface area contributed by atoms with Crippen LogP contribution in [-0.4, -0.2) is 9.19 Å². The molecule has 5 heteroatoms. The number of halogens is 2. The van der Waals surface area contributed by atoms with E-state index in [4.69, 9.17) is 22.3 Å². The highest BCUT2D eigenvalue weighted by molar-refractivity contribution is 8.08. The molecule has 0 radical (unpaired) electrons. The average molecular weight is 274 g/mol. The van der Waals surface area contributed by atoms with Crippen molar-refractivity contribution < 1.29 is 4.21 Å². The summed E-state index contributed by atoms with van der Waals surface area (Å²) < 4.78 is 11.3. The Morgan fingerprint density at radius 3 is 2.56 bits per heavy atom. The van der Waals surface area contributed by atoms with Crippen molar-refractivity contribution >= 4 is 32.3 Å². The number of benzene rings is 1. The molecule has 1 N–H and O–H groups in total. The van der Waals surface area contributed by atoms with Crippen molar-refractivity contribution in [3.8, 4) is 0 Å². The first-order valence-corrected chi connectivity index (χ1v) is 7.01. The minimum atomic E-state index is -1.54. The van der Waals surface area contributed by atoms with E-state index in [-0.39, 0.29) is 0 Å². The third kappa shape index (κ3) is 2.48. The second-order valence-corrected chi connectivity index (χ2v) is 5.44. The second kappa shape index (κ2) is 5.04. The molecule has 16 heavy (non-hydrogen) atoms. The summed E-state index contributed by atoms with van der Waals surface area (Å²) in [4.78, 5) is 3.38. The van der Waals surface area contributed by atoms with E-state index in [1.165, 1.54) is 0 Å². The molecule has 1 aromatic heterocycles. The number of aromatic amines is 1. The van der Waals surface area contributed by atoms with Crippen molar-refractivity contribution in [2.45, 2.75) is 11.3 Å². The number of nitrogens with one attached hydrogen (secondary N) is 1. The first-order chi connectivity index (χ1) is 7.68. The topological polar surface area (TPSA) is 32.9 Å². The van der Waals surface area contributed by atoms with Crippen LogP contribution in [0.5, 0.6) is 0 Å². The van der Waals surface area contributed by atoms with Gasteiger partial charge < -0.3 is 4.98 Å². The smallest absolute Gasteiger partial charge is 0.149 e. The molecule has 2 nitrogen and oxygen atoms in total. The molecule has 0 aliphatic heterocycles. The fourth-order valence-corrected chi connectivity index (χ4v) is 2.73. The van der Waals surface area contributed by atoms with Gasteiger partial charge in [-0.2, -0.15) is 0 Å². The molecule has 1 heterocycles. The van der Waals surface area contributed by atoms with E-state index < -0.39 is 10.0 Å². The van der Waals surface area contributed by atoms with Gasteiger partial charge in [0.1, 0.15) is 15.2 Å². The highest BCUT2D eigenvalue weighted by Crippen LogP contribution is 2.26. The Bertz CT molecular complexity index is 510. The van der Waals surface area contributed by atoms with Crippen molar-refractivity contribution in [3.05, 3.63) is 52.8 Å². The van der Waals surface area contributed by atoms with Gasteiger partial charge in [0.2, 0.25) is 0 Å². The van der Waals surface area contributed by atoms with Crippen molar-refractivity contribution in [1.29, 1.82) is 0 Å². The van der Waals surface area contributed by atoms with E-state index in [2.05, 4.69) is 4.98 Å². The van der Waals surface area contributed by atoms with Gasteiger partial charge in [-0.1, -0.05) is 41.9 Å². The summed E-state index contributed by atoms with van der Waals surface area (Å²) in [6.07, 6.45) is 2.21. The molecule has 0 saturated heterocycles. The molecule has 84 valence electrons. The zero-order valence-electron chi connectivity index (χ0n) is 8.24. The minimum absolute atomic E-state index is 0.493. The minimum Gasteiger partial charge on any atom is -0.351 e. The van der Waals surface area contributed by atoms with Gasteiger partial charge in [-0.25, -0.2) is 4.21 Å². The standard InChI is InChI=1S/C11H9Cl2NOS/c12-11-9(10(7-14-11)16(13)15)6-8-4-2-1-3-5-8/h1-5,7,14H,6H2. The summed E-state index contributed by atoms with van der Waals surface area (Å²) in [5, 5.41) is 0.493. The quantitative estimate of drug-likeness (QED) is 0.853.